The molecule has 1 heterocycles. The van der Waals surface area contributed by atoms with E-state index in [9.17, 15) is 4.79 Å². The van der Waals surface area contributed by atoms with Crippen molar-refractivity contribution in [3.63, 3.8) is 0 Å². The molecule has 0 aliphatic carbocycles. The van der Waals surface area contributed by atoms with E-state index in [1.54, 1.807) is 0 Å². The van der Waals surface area contributed by atoms with Crippen LogP contribution in [-0.2, 0) is 9.53 Å². The number of carbonyl (C=O) groups is 1. The fourth-order valence-corrected chi connectivity index (χ4v) is 3.24. The zero-order chi connectivity index (χ0) is 20.6. The number of carbonyl (C=O) groups excluding carboxylic acids is 1. The predicted molar refractivity (Wildman–Crippen MR) is 121 cm³/mol. The van der Waals surface area contributed by atoms with Crippen LogP contribution in [0.3, 0.4) is 0 Å². The fraction of sp³-hybridized carbons (Fsp3) is 0.250. The summed E-state index contributed by atoms with van der Waals surface area (Å²) in [5, 5.41) is 1.11. The van der Waals surface area contributed by atoms with Gasteiger partial charge in [0.2, 0.25) is 0 Å². The first-order valence-corrected chi connectivity index (χ1v) is 10.5. The third-order valence-corrected chi connectivity index (χ3v) is 4.83. The van der Waals surface area contributed by atoms with Gasteiger partial charge in [-0.1, -0.05) is 53.2 Å². The molecule has 150 valence electrons. The summed E-state index contributed by atoms with van der Waals surface area (Å²) in [5.41, 5.74) is 2.87. The summed E-state index contributed by atoms with van der Waals surface area (Å²) in [6, 6.07) is 18.0. The number of ether oxygens (including phenoxy) is 2. The number of esters is 1. The molecule has 0 fully saturated rings. The van der Waals surface area contributed by atoms with E-state index in [4.69, 9.17) is 9.47 Å². The van der Waals surface area contributed by atoms with E-state index < -0.39 is 0 Å². The number of rotatable bonds is 8. The van der Waals surface area contributed by atoms with E-state index in [-0.39, 0.29) is 11.9 Å². The first-order chi connectivity index (χ1) is 14.0. The van der Waals surface area contributed by atoms with Crippen LogP contribution in [0.1, 0.15) is 31.5 Å². The molecule has 0 N–H and O–H groups in total. The quantitative estimate of drug-likeness (QED) is 0.384. The van der Waals surface area contributed by atoms with Gasteiger partial charge >= 0.3 is 5.97 Å². The Morgan fingerprint density at radius 1 is 1.14 bits per heavy atom. The number of pyridine rings is 1. The van der Waals surface area contributed by atoms with Crippen LogP contribution < -0.4 is 4.74 Å². The standard InChI is InChI=1S/C24H24BrNO3/c1-3-28-24(27)13-17(2)16-29-22-6-4-5-18(14-22)7-11-21-12-9-19-8-10-20(25)15-23(19)26-21/h4-12,14-15,17H,3,13,16H2,1-2H3. The Morgan fingerprint density at radius 2 is 1.97 bits per heavy atom. The molecule has 0 spiro atoms. The van der Waals surface area contributed by atoms with Crippen molar-refractivity contribution in [1.29, 1.82) is 0 Å². The maximum Gasteiger partial charge on any atom is 0.306 e. The summed E-state index contributed by atoms with van der Waals surface area (Å²) in [6.07, 6.45) is 4.36. The normalized spacial score (nSPS) is 12.2. The van der Waals surface area contributed by atoms with E-state index in [1.165, 1.54) is 0 Å². The lowest BCUT2D eigenvalue weighted by atomic mass is 10.1. The third kappa shape index (κ3) is 6.43. The highest BCUT2D eigenvalue weighted by molar-refractivity contribution is 9.10. The van der Waals surface area contributed by atoms with Gasteiger partial charge in [-0.2, -0.15) is 0 Å². The molecule has 0 bridgehead atoms. The van der Waals surface area contributed by atoms with Crippen molar-refractivity contribution in [3.05, 3.63) is 70.3 Å². The summed E-state index contributed by atoms with van der Waals surface area (Å²) in [6.45, 7) is 4.66. The highest BCUT2D eigenvalue weighted by Crippen LogP contribution is 2.20. The minimum Gasteiger partial charge on any atom is -0.493 e. The number of nitrogens with zero attached hydrogens (tertiary/aromatic N) is 1. The van der Waals surface area contributed by atoms with Gasteiger partial charge in [-0.25, -0.2) is 4.98 Å². The molecule has 5 heteroatoms. The summed E-state index contributed by atoms with van der Waals surface area (Å²) in [5.74, 6) is 0.683. The SMILES string of the molecule is CCOC(=O)CC(C)COc1cccc(C=Cc2ccc3ccc(Br)cc3n2)c1. The molecule has 0 aliphatic heterocycles. The first kappa shape index (κ1) is 21.1. The second-order valence-electron chi connectivity index (χ2n) is 6.90. The van der Waals surface area contributed by atoms with Crippen LogP contribution in [0.5, 0.6) is 5.75 Å². The van der Waals surface area contributed by atoms with Crippen LogP contribution in [0.15, 0.2) is 59.1 Å². The molecule has 29 heavy (non-hydrogen) atoms. The Bertz CT molecular complexity index is 1020. The van der Waals surface area contributed by atoms with Crippen molar-refractivity contribution in [2.24, 2.45) is 5.92 Å². The van der Waals surface area contributed by atoms with Gasteiger partial charge in [0, 0.05) is 15.8 Å². The van der Waals surface area contributed by atoms with Gasteiger partial charge < -0.3 is 9.47 Å². The number of hydrogen-bond donors (Lipinski definition) is 0. The van der Waals surface area contributed by atoms with Gasteiger partial charge in [-0.3, -0.25) is 4.79 Å². The molecule has 0 amide bonds. The average Bonchev–Trinajstić information content (AvgIpc) is 2.71. The largest absolute Gasteiger partial charge is 0.493 e. The van der Waals surface area contributed by atoms with Gasteiger partial charge in [-0.05, 0) is 48.9 Å². The number of benzene rings is 2. The Balaban J connectivity index is 1.63. The van der Waals surface area contributed by atoms with Crippen molar-refractivity contribution in [3.8, 4) is 5.75 Å². The summed E-state index contributed by atoms with van der Waals surface area (Å²) in [4.78, 5) is 16.2. The van der Waals surface area contributed by atoms with Crippen LogP contribution >= 0.6 is 15.9 Å². The van der Waals surface area contributed by atoms with Crippen LogP contribution in [0, 0.1) is 5.92 Å². The molecule has 1 atom stereocenters. The minimum absolute atomic E-state index is 0.0920. The van der Waals surface area contributed by atoms with Crippen molar-refractivity contribution in [2.75, 3.05) is 13.2 Å². The molecule has 0 radical (unpaired) electrons. The van der Waals surface area contributed by atoms with E-state index in [1.807, 2.05) is 74.5 Å². The molecule has 3 aromatic rings. The van der Waals surface area contributed by atoms with E-state index in [0.717, 1.165) is 32.4 Å². The molecule has 2 aromatic carbocycles. The molecule has 3 rings (SSSR count). The summed E-state index contributed by atoms with van der Waals surface area (Å²) in [7, 11) is 0. The summed E-state index contributed by atoms with van der Waals surface area (Å²) >= 11 is 3.49. The van der Waals surface area contributed by atoms with Crippen molar-refractivity contribution in [1.82, 2.24) is 4.98 Å². The van der Waals surface area contributed by atoms with Crippen molar-refractivity contribution >= 4 is 45.0 Å². The average molecular weight is 454 g/mol. The van der Waals surface area contributed by atoms with Crippen LogP contribution in [0.25, 0.3) is 23.1 Å². The highest BCUT2D eigenvalue weighted by atomic mass is 79.9. The lowest BCUT2D eigenvalue weighted by Gasteiger charge is -2.12. The zero-order valence-corrected chi connectivity index (χ0v) is 18.2. The number of fused-ring (bicyclic) bond motifs is 1. The van der Waals surface area contributed by atoms with Crippen LogP contribution in [-0.4, -0.2) is 24.2 Å². The van der Waals surface area contributed by atoms with Crippen LogP contribution in [0.2, 0.25) is 0 Å². The lowest BCUT2D eigenvalue weighted by molar-refractivity contribution is -0.144. The Hall–Kier alpha value is -2.66. The fourth-order valence-electron chi connectivity index (χ4n) is 2.89. The Morgan fingerprint density at radius 3 is 2.79 bits per heavy atom. The van der Waals surface area contributed by atoms with E-state index >= 15 is 0 Å². The van der Waals surface area contributed by atoms with E-state index in [0.29, 0.717) is 19.6 Å². The predicted octanol–water partition coefficient (Wildman–Crippen LogP) is 6.14. The molecule has 4 nitrogen and oxygen atoms in total. The smallest absolute Gasteiger partial charge is 0.306 e. The first-order valence-electron chi connectivity index (χ1n) is 9.66. The molecular weight excluding hydrogens is 430 g/mol. The van der Waals surface area contributed by atoms with Crippen molar-refractivity contribution < 1.29 is 14.3 Å². The highest BCUT2D eigenvalue weighted by Gasteiger charge is 2.10. The Labute approximate surface area is 179 Å². The number of hydrogen-bond acceptors (Lipinski definition) is 4. The van der Waals surface area contributed by atoms with Gasteiger partial charge in [0.15, 0.2) is 0 Å². The van der Waals surface area contributed by atoms with Gasteiger partial charge in [0.25, 0.3) is 0 Å². The van der Waals surface area contributed by atoms with Gasteiger partial charge in [0.1, 0.15) is 5.75 Å². The van der Waals surface area contributed by atoms with Crippen molar-refractivity contribution in [2.45, 2.75) is 20.3 Å². The summed E-state index contributed by atoms with van der Waals surface area (Å²) < 4.78 is 11.8. The maximum absolute atomic E-state index is 11.5. The third-order valence-electron chi connectivity index (χ3n) is 4.34. The topological polar surface area (TPSA) is 48.4 Å². The van der Waals surface area contributed by atoms with Crippen LogP contribution in [0.4, 0.5) is 0 Å². The second-order valence-corrected chi connectivity index (χ2v) is 7.82. The zero-order valence-electron chi connectivity index (χ0n) is 16.6. The maximum atomic E-state index is 11.5. The number of halogens is 1. The molecular formula is C24H24BrNO3. The van der Waals surface area contributed by atoms with Gasteiger partial charge in [-0.15, -0.1) is 0 Å². The molecule has 0 saturated heterocycles. The number of aromatic nitrogens is 1. The monoisotopic (exact) mass is 453 g/mol. The molecule has 1 unspecified atom stereocenters. The Kier molecular flexibility index (Phi) is 7.42. The minimum atomic E-state index is -0.185. The molecule has 0 aliphatic rings. The molecule has 1 aromatic heterocycles. The molecule has 0 saturated carbocycles. The van der Waals surface area contributed by atoms with E-state index in [2.05, 4.69) is 27.0 Å². The lowest BCUT2D eigenvalue weighted by Crippen LogP contribution is -2.15. The second kappa shape index (κ2) is 10.2. The van der Waals surface area contributed by atoms with Gasteiger partial charge in [0.05, 0.1) is 30.8 Å².